The molecule has 0 atom stereocenters. The number of rotatable bonds is 3. The van der Waals surface area contributed by atoms with Crippen LogP contribution < -0.4 is 4.74 Å². The van der Waals surface area contributed by atoms with Gasteiger partial charge in [-0.25, -0.2) is 9.37 Å². The fourth-order valence-corrected chi connectivity index (χ4v) is 2.14. The summed E-state index contributed by atoms with van der Waals surface area (Å²) in [6.45, 7) is 1.85. The monoisotopic (exact) mass is 329 g/mol. The van der Waals surface area contributed by atoms with Crippen LogP contribution in [0.5, 0.6) is 11.6 Å². The van der Waals surface area contributed by atoms with Crippen molar-refractivity contribution in [1.29, 1.82) is 0 Å². The maximum atomic E-state index is 13.2. The summed E-state index contributed by atoms with van der Waals surface area (Å²) in [7, 11) is 0. The molecule has 0 radical (unpaired) electrons. The Morgan fingerprint density at radius 3 is 2.72 bits per heavy atom. The Labute approximate surface area is 118 Å². The number of aryl methyl sites for hydroxylation is 1. The van der Waals surface area contributed by atoms with Crippen molar-refractivity contribution in [1.82, 2.24) is 4.98 Å². The van der Waals surface area contributed by atoms with Crippen molar-refractivity contribution in [2.75, 3.05) is 0 Å². The molecule has 0 amide bonds. The lowest BCUT2D eigenvalue weighted by molar-refractivity contribution is 0.456. The minimum absolute atomic E-state index is 0.371. The average Bonchev–Trinajstić information content (AvgIpc) is 2.26. The van der Waals surface area contributed by atoms with Crippen molar-refractivity contribution >= 4 is 27.5 Å². The van der Waals surface area contributed by atoms with Gasteiger partial charge in [-0.05, 0) is 30.7 Å². The van der Waals surface area contributed by atoms with Gasteiger partial charge in [0.05, 0.1) is 0 Å². The number of aromatic nitrogens is 1. The third-order valence-electron chi connectivity index (χ3n) is 2.20. The number of nitrogens with zero attached hydrogens (tertiary/aromatic N) is 1. The smallest absolute Gasteiger partial charge is 0.219 e. The molecule has 2 rings (SSSR count). The fourth-order valence-electron chi connectivity index (χ4n) is 1.54. The zero-order valence-corrected chi connectivity index (χ0v) is 11.9. The minimum Gasteiger partial charge on any atom is -0.439 e. The van der Waals surface area contributed by atoms with Crippen molar-refractivity contribution in [2.45, 2.75) is 12.8 Å². The van der Waals surface area contributed by atoms with Crippen LogP contribution in [-0.4, -0.2) is 4.98 Å². The van der Waals surface area contributed by atoms with Gasteiger partial charge in [-0.15, -0.1) is 11.6 Å². The van der Waals surface area contributed by atoms with Gasteiger partial charge in [0, 0.05) is 28.2 Å². The van der Waals surface area contributed by atoms with E-state index in [0.29, 0.717) is 22.0 Å². The zero-order chi connectivity index (χ0) is 13.1. The Morgan fingerprint density at radius 2 is 2.06 bits per heavy atom. The highest BCUT2D eigenvalue weighted by Gasteiger charge is 2.05. The number of benzene rings is 1. The Morgan fingerprint density at radius 1 is 1.28 bits per heavy atom. The molecule has 0 aliphatic carbocycles. The van der Waals surface area contributed by atoms with E-state index in [9.17, 15) is 4.39 Å². The second kappa shape index (κ2) is 5.67. The van der Waals surface area contributed by atoms with Crippen LogP contribution in [0.3, 0.4) is 0 Å². The lowest BCUT2D eigenvalue weighted by Gasteiger charge is -2.07. The molecule has 0 saturated heterocycles. The molecule has 0 spiro atoms. The molecule has 0 saturated carbocycles. The first-order valence-corrected chi connectivity index (χ1v) is 6.57. The largest absolute Gasteiger partial charge is 0.439 e. The van der Waals surface area contributed by atoms with E-state index in [2.05, 4.69) is 20.9 Å². The summed E-state index contributed by atoms with van der Waals surface area (Å²) in [6, 6.07) is 7.95. The SMILES string of the molecule is Cc1cc(CCl)cc(Oc2cc(F)cc(Br)c2)n1. The molecule has 2 nitrogen and oxygen atoms in total. The summed E-state index contributed by atoms with van der Waals surface area (Å²) in [4.78, 5) is 4.22. The minimum atomic E-state index is -0.371. The molecule has 0 unspecified atom stereocenters. The van der Waals surface area contributed by atoms with E-state index in [1.807, 2.05) is 13.0 Å². The molecule has 0 fully saturated rings. The third-order valence-corrected chi connectivity index (χ3v) is 2.97. The first-order chi connectivity index (χ1) is 8.56. The lowest BCUT2D eigenvalue weighted by atomic mass is 10.2. The molecule has 1 heterocycles. The fraction of sp³-hybridized carbons (Fsp3) is 0.154. The van der Waals surface area contributed by atoms with E-state index in [4.69, 9.17) is 16.3 Å². The van der Waals surface area contributed by atoms with Gasteiger partial charge in [0.2, 0.25) is 5.88 Å². The highest BCUT2D eigenvalue weighted by atomic mass is 79.9. The molecule has 1 aromatic heterocycles. The van der Waals surface area contributed by atoms with Gasteiger partial charge in [0.15, 0.2) is 0 Å². The van der Waals surface area contributed by atoms with Gasteiger partial charge >= 0.3 is 0 Å². The van der Waals surface area contributed by atoms with Gasteiger partial charge in [0.25, 0.3) is 0 Å². The van der Waals surface area contributed by atoms with Crippen LogP contribution in [0.4, 0.5) is 4.39 Å². The number of halogens is 3. The van der Waals surface area contributed by atoms with Gasteiger partial charge in [-0.3, -0.25) is 0 Å². The molecule has 2 aromatic rings. The van der Waals surface area contributed by atoms with Crippen LogP contribution in [0.2, 0.25) is 0 Å². The van der Waals surface area contributed by atoms with Crippen LogP contribution in [0.1, 0.15) is 11.3 Å². The van der Waals surface area contributed by atoms with E-state index < -0.39 is 0 Å². The number of hydrogen-bond acceptors (Lipinski definition) is 2. The van der Waals surface area contributed by atoms with Crippen LogP contribution in [0, 0.1) is 12.7 Å². The molecule has 0 bridgehead atoms. The van der Waals surface area contributed by atoms with Crippen molar-refractivity contribution < 1.29 is 9.13 Å². The van der Waals surface area contributed by atoms with Crippen molar-refractivity contribution in [3.05, 3.63) is 51.9 Å². The highest BCUT2D eigenvalue weighted by Crippen LogP contribution is 2.26. The first-order valence-electron chi connectivity index (χ1n) is 5.24. The predicted molar refractivity (Wildman–Crippen MR) is 72.7 cm³/mol. The summed E-state index contributed by atoms with van der Waals surface area (Å²) in [6.07, 6.45) is 0. The second-order valence-electron chi connectivity index (χ2n) is 3.80. The predicted octanol–water partition coefficient (Wildman–Crippen LogP) is 4.82. The van der Waals surface area contributed by atoms with E-state index in [-0.39, 0.29) is 5.82 Å². The van der Waals surface area contributed by atoms with Gasteiger partial charge in [-0.2, -0.15) is 0 Å². The van der Waals surface area contributed by atoms with E-state index in [0.717, 1.165) is 11.3 Å². The Balaban J connectivity index is 2.30. The first kappa shape index (κ1) is 13.3. The van der Waals surface area contributed by atoms with Crippen LogP contribution >= 0.6 is 27.5 Å². The van der Waals surface area contributed by atoms with Crippen LogP contribution in [0.15, 0.2) is 34.8 Å². The number of alkyl halides is 1. The quantitative estimate of drug-likeness (QED) is 0.753. The molecular formula is C13H10BrClFNO. The summed E-state index contributed by atoms with van der Waals surface area (Å²) < 4.78 is 19.3. The normalized spacial score (nSPS) is 10.4. The highest BCUT2D eigenvalue weighted by molar-refractivity contribution is 9.10. The lowest BCUT2D eigenvalue weighted by Crippen LogP contribution is -1.93. The molecular weight excluding hydrogens is 321 g/mol. The number of hydrogen-bond donors (Lipinski definition) is 0. The molecule has 5 heteroatoms. The van der Waals surface area contributed by atoms with E-state index in [1.165, 1.54) is 12.1 Å². The topological polar surface area (TPSA) is 22.1 Å². The zero-order valence-electron chi connectivity index (χ0n) is 9.58. The molecule has 0 aliphatic rings. The van der Waals surface area contributed by atoms with Crippen molar-refractivity contribution in [2.24, 2.45) is 0 Å². The average molecular weight is 331 g/mol. The summed E-state index contributed by atoms with van der Waals surface area (Å²) in [5.74, 6) is 0.806. The maximum absolute atomic E-state index is 13.2. The Kier molecular flexibility index (Phi) is 4.19. The van der Waals surface area contributed by atoms with Crippen molar-refractivity contribution in [3.8, 4) is 11.6 Å². The summed E-state index contributed by atoms with van der Waals surface area (Å²) >= 11 is 8.98. The Bertz CT molecular complexity index is 557. The van der Waals surface area contributed by atoms with E-state index in [1.54, 1.807) is 12.1 Å². The number of pyridine rings is 1. The molecule has 0 N–H and O–H groups in total. The van der Waals surface area contributed by atoms with E-state index >= 15 is 0 Å². The van der Waals surface area contributed by atoms with Gasteiger partial charge in [-0.1, -0.05) is 15.9 Å². The molecule has 18 heavy (non-hydrogen) atoms. The van der Waals surface area contributed by atoms with Crippen molar-refractivity contribution in [3.63, 3.8) is 0 Å². The standard InChI is InChI=1S/C13H10BrClFNO/c1-8-2-9(7-15)3-13(17-8)18-12-5-10(14)4-11(16)6-12/h2-6H,7H2,1H3. The molecule has 0 aliphatic heterocycles. The van der Waals surface area contributed by atoms with Gasteiger partial charge in [0.1, 0.15) is 11.6 Å². The molecule has 1 aromatic carbocycles. The van der Waals surface area contributed by atoms with Gasteiger partial charge < -0.3 is 4.74 Å². The van der Waals surface area contributed by atoms with Crippen LogP contribution in [0.25, 0.3) is 0 Å². The summed E-state index contributed by atoms with van der Waals surface area (Å²) in [5.41, 5.74) is 1.72. The second-order valence-corrected chi connectivity index (χ2v) is 4.98. The summed E-state index contributed by atoms with van der Waals surface area (Å²) in [5, 5.41) is 0. The number of ether oxygens (including phenoxy) is 1. The maximum Gasteiger partial charge on any atom is 0.219 e. The third kappa shape index (κ3) is 3.43. The van der Waals surface area contributed by atoms with Crippen LogP contribution in [-0.2, 0) is 5.88 Å². The Hall–Kier alpha value is -1.13. The molecule has 94 valence electrons.